The van der Waals surface area contributed by atoms with E-state index in [0.29, 0.717) is 17.6 Å². The number of aromatic nitrogens is 3. The van der Waals surface area contributed by atoms with Crippen molar-refractivity contribution in [1.29, 1.82) is 0 Å². The standard InChI is InChI=1S/C20H22N4O/c1-14(2)24(3)13-15-4-6-17(7-5-15)20-22-18(12-19(25)23-20)16-8-10-21-11-9-16/h4-12,14H,13H2,1-3H3,(H,22,23,25). The van der Waals surface area contributed by atoms with Gasteiger partial charge in [0.05, 0.1) is 5.69 Å². The fourth-order valence-corrected chi connectivity index (χ4v) is 2.50. The third-order valence-electron chi connectivity index (χ3n) is 4.26. The Labute approximate surface area is 147 Å². The second-order valence-corrected chi connectivity index (χ2v) is 6.42. The Balaban J connectivity index is 1.89. The molecule has 0 saturated heterocycles. The Hall–Kier alpha value is -2.79. The van der Waals surface area contributed by atoms with E-state index in [1.807, 2.05) is 24.3 Å². The summed E-state index contributed by atoms with van der Waals surface area (Å²) >= 11 is 0. The summed E-state index contributed by atoms with van der Waals surface area (Å²) in [5.74, 6) is 0.572. The predicted molar refractivity (Wildman–Crippen MR) is 100 cm³/mol. The Morgan fingerprint density at radius 2 is 1.72 bits per heavy atom. The summed E-state index contributed by atoms with van der Waals surface area (Å²) < 4.78 is 0. The van der Waals surface area contributed by atoms with Crippen LogP contribution < -0.4 is 5.56 Å². The molecule has 0 aliphatic rings. The van der Waals surface area contributed by atoms with E-state index in [2.05, 4.69) is 52.9 Å². The molecular weight excluding hydrogens is 312 g/mol. The smallest absolute Gasteiger partial charge is 0.251 e. The van der Waals surface area contributed by atoms with Gasteiger partial charge in [-0.25, -0.2) is 4.98 Å². The minimum atomic E-state index is -0.166. The quantitative estimate of drug-likeness (QED) is 0.777. The predicted octanol–water partition coefficient (Wildman–Crippen LogP) is 3.34. The van der Waals surface area contributed by atoms with Crippen molar-refractivity contribution >= 4 is 0 Å². The lowest BCUT2D eigenvalue weighted by molar-refractivity contribution is 0.266. The van der Waals surface area contributed by atoms with Gasteiger partial charge >= 0.3 is 0 Å². The van der Waals surface area contributed by atoms with E-state index < -0.39 is 0 Å². The van der Waals surface area contributed by atoms with E-state index in [4.69, 9.17) is 0 Å². The molecule has 1 N–H and O–H groups in total. The van der Waals surface area contributed by atoms with E-state index in [-0.39, 0.29) is 5.56 Å². The number of aromatic amines is 1. The van der Waals surface area contributed by atoms with Crippen LogP contribution in [0.4, 0.5) is 0 Å². The second-order valence-electron chi connectivity index (χ2n) is 6.42. The van der Waals surface area contributed by atoms with Crippen molar-refractivity contribution in [3.05, 3.63) is 70.8 Å². The number of H-pyrrole nitrogens is 1. The zero-order valence-corrected chi connectivity index (χ0v) is 14.7. The first-order valence-corrected chi connectivity index (χ1v) is 8.34. The number of rotatable bonds is 5. The normalized spacial score (nSPS) is 11.2. The van der Waals surface area contributed by atoms with Crippen molar-refractivity contribution in [1.82, 2.24) is 19.9 Å². The van der Waals surface area contributed by atoms with Gasteiger partial charge in [-0.2, -0.15) is 0 Å². The van der Waals surface area contributed by atoms with Crippen molar-refractivity contribution in [3.63, 3.8) is 0 Å². The first kappa shape index (κ1) is 17.0. The molecule has 2 heterocycles. The lowest BCUT2D eigenvalue weighted by atomic mass is 10.1. The van der Waals surface area contributed by atoms with Crippen molar-refractivity contribution in [2.45, 2.75) is 26.4 Å². The van der Waals surface area contributed by atoms with E-state index in [0.717, 1.165) is 17.7 Å². The maximum Gasteiger partial charge on any atom is 0.251 e. The lowest BCUT2D eigenvalue weighted by Gasteiger charge is -2.21. The monoisotopic (exact) mass is 334 g/mol. The molecule has 0 spiro atoms. The molecule has 3 rings (SSSR count). The van der Waals surface area contributed by atoms with Crippen molar-refractivity contribution < 1.29 is 0 Å². The highest BCUT2D eigenvalue weighted by molar-refractivity contribution is 5.63. The molecule has 1 aromatic carbocycles. The van der Waals surface area contributed by atoms with Gasteiger partial charge in [0.2, 0.25) is 0 Å². The van der Waals surface area contributed by atoms with Gasteiger partial charge in [-0.05, 0) is 38.6 Å². The molecule has 0 saturated carbocycles. The zero-order valence-electron chi connectivity index (χ0n) is 14.7. The molecule has 0 bridgehead atoms. The number of hydrogen-bond donors (Lipinski definition) is 1. The Bertz CT molecular complexity index is 886. The zero-order chi connectivity index (χ0) is 17.8. The number of hydrogen-bond acceptors (Lipinski definition) is 4. The molecule has 0 aliphatic heterocycles. The van der Waals surface area contributed by atoms with Gasteiger partial charge in [-0.15, -0.1) is 0 Å². The van der Waals surface area contributed by atoms with Crippen LogP contribution in [0.5, 0.6) is 0 Å². The SMILES string of the molecule is CC(C)N(C)Cc1ccc(-c2nc(-c3ccncc3)cc(=O)[nH]2)cc1. The van der Waals surface area contributed by atoms with Gasteiger partial charge in [-0.3, -0.25) is 14.7 Å². The number of benzene rings is 1. The minimum Gasteiger partial charge on any atom is -0.306 e. The summed E-state index contributed by atoms with van der Waals surface area (Å²) in [4.78, 5) is 25.7. The van der Waals surface area contributed by atoms with Crippen LogP contribution in [0.1, 0.15) is 19.4 Å². The van der Waals surface area contributed by atoms with Crippen molar-refractivity contribution in [2.24, 2.45) is 0 Å². The van der Waals surface area contributed by atoms with Crippen LogP contribution in [0.15, 0.2) is 59.7 Å². The van der Waals surface area contributed by atoms with Crippen molar-refractivity contribution in [3.8, 4) is 22.6 Å². The fraction of sp³-hybridized carbons (Fsp3) is 0.250. The van der Waals surface area contributed by atoms with Gasteiger partial charge in [0.25, 0.3) is 5.56 Å². The van der Waals surface area contributed by atoms with Crippen LogP contribution >= 0.6 is 0 Å². The molecule has 0 atom stereocenters. The summed E-state index contributed by atoms with van der Waals surface area (Å²) in [6, 6.07) is 13.8. The molecular formula is C20H22N4O. The average molecular weight is 334 g/mol. The minimum absolute atomic E-state index is 0.166. The molecule has 25 heavy (non-hydrogen) atoms. The van der Waals surface area contributed by atoms with Gasteiger partial charge < -0.3 is 4.98 Å². The summed E-state index contributed by atoms with van der Waals surface area (Å²) in [6.45, 7) is 5.24. The maximum absolute atomic E-state index is 12.0. The third-order valence-corrected chi connectivity index (χ3v) is 4.26. The Morgan fingerprint density at radius 3 is 2.36 bits per heavy atom. The molecule has 0 fully saturated rings. The van der Waals surface area contributed by atoms with Crippen LogP contribution in [0, 0.1) is 0 Å². The average Bonchev–Trinajstić information content (AvgIpc) is 2.62. The van der Waals surface area contributed by atoms with Crippen LogP contribution in [0.2, 0.25) is 0 Å². The van der Waals surface area contributed by atoms with Gasteiger partial charge in [0.1, 0.15) is 5.82 Å². The van der Waals surface area contributed by atoms with Gasteiger partial charge in [0, 0.05) is 42.2 Å². The molecule has 2 aromatic heterocycles. The number of pyridine rings is 1. The van der Waals surface area contributed by atoms with E-state index in [1.165, 1.54) is 11.6 Å². The number of nitrogens with zero attached hydrogens (tertiary/aromatic N) is 3. The highest BCUT2D eigenvalue weighted by atomic mass is 16.1. The van der Waals surface area contributed by atoms with Gasteiger partial charge in [-0.1, -0.05) is 24.3 Å². The maximum atomic E-state index is 12.0. The van der Waals surface area contributed by atoms with Gasteiger partial charge in [0.15, 0.2) is 0 Å². The molecule has 0 unspecified atom stereocenters. The molecule has 3 aromatic rings. The molecule has 128 valence electrons. The Morgan fingerprint density at radius 1 is 1.04 bits per heavy atom. The van der Waals surface area contributed by atoms with Crippen molar-refractivity contribution in [2.75, 3.05) is 7.05 Å². The summed E-state index contributed by atoms with van der Waals surface area (Å²) in [7, 11) is 2.11. The van der Waals surface area contributed by atoms with Crippen LogP contribution in [-0.4, -0.2) is 32.9 Å². The highest BCUT2D eigenvalue weighted by Gasteiger charge is 2.08. The second kappa shape index (κ2) is 7.40. The van der Waals surface area contributed by atoms with Crippen LogP contribution in [0.25, 0.3) is 22.6 Å². The topological polar surface area (TPSA) is 61.9 Å². The molecule has 0 aliphatic carbocycles. The third kappa shape index (κ3) is 4.19. The van der Waals surface area contributed by atoms with Crippen LogP contribution in [0.3, 0.4) is 0 Å². The number of nitrogens with one attached hydrogen (secondary N) is 1. The Kier molecular flexibility index (Phi) is 5.05. The summed E-state index contributed by atoms with van der Waals surface area (Å²) in [5.41, 5.74) is 3.47. The molecule has 5 nitrogen and oxygen atoms in total. The lowest BCUT2D eigenvalue weighted by Crippen LogP contribution is -2.25. The first-order chi connectivity index (χ1) is 12.0. The van der Waals surface area contributed by atoms with E-state index >= 15 is 0 Å². The summed E-state index contributed by atoms with van der Waals surface area (Å²) in [6.07, 6.45) is 3.38. The molecule has 5 heteroatoms. The van der Waals surface area contributed by atoms with E-state index in [9.17, 15) is 4.79 Å². The first-order valence-electron chi connectivity index (χ1n) is 8.34. The molecule has 0 radical (unpaired) electrons. The highest BCUT2D eigenvalue weighted by Crippen LogP contribution is 2.20. The van der Waals surface area contributed by atoms with E-state index in [1.54, 1.807) is 12.4 Å². The largest absolute Gasteiger partial charge is 0.306 e. The van der Waals surface area contributed by atoms with Crippen LogP contribution in [-0.2, 0) is 6.54 Å². The molecule has 0 amide bonds. The fourth-order valence-electron chi connectivity index (χ4n) is 2.50. The summed E-state index contributed by atoms with van der Waals surface area (Å²) in [5, 5.41) is 0.